The lowest BCUT2D eigenvalue weighted by molar-refractivity contribution is -0.216. The Labute approximate surface area is 132 Å². The van der Waals surface area contributed by atoms with Crippen molar-refractivity contribution in [3.05, 3.63) is 29.8 Å². The van der Waals surface area contributed by atoms with Gasteiger partial charge in [0.1, 0.15) is 5.75 Å². The Morgan fingerprint density at radius 3 is 2.35 bits per heavy atom. The molecular formula is C16H19F3O4. The number of hydrogen-bond acceptors (Lipinski definition) is 4. The standard InChI is InChI=1S/C16H19F3O4/c1-3-12-7-4-5-8-13(12)23-15(21)10-6-9-14(20)22-11(2)16(17,18)19/h4-5,7-8,11H,3,6,9-10H2,1-2H3. The Bertz CT molecular complexity index is 540. The van der Waals surface area contributed by atoms with Gasteiger partial charge in [-0.15, -0.1) is 0 Å². The highest BCUT2D eigenvalue weighted by atomic mass is 19.4. The molecule has 7 heteroatoms. The molecule has 0 saturated heterocycles. The van der Waals surface area contributed by atoms with Crippen LogP contribution in [-0.4, -0.2) is 24.2 Å². The molecular weight excluding hydrogens is 313 g/mol. The van der Waals surface area contributed by atoms with Gasteiger partial charge in [-0.2, -0.15) is 13.2 Å². The number of esters is 2. The first kappa shape index (κ1) is 19.0. The SMILES string of the molecule is CCc1ccccc1OC(=O)CCCC(=O)OC(C)C(F)(F)F. The molecule has 0 spiro atoms. The Morgan fingerprint density at radius 2 is 1.74 bits per heavy atom. The minimum atomic E-state index is -4.58. The first-order valence-electron chi connectivity index (χ1n) is 7.28. The third kappa shape index (κ3) is 6.71. The van der Waals surface area contributed by atoms with Crippen molar-refractivity contribution >= 4 is 11.9 Å². The molecule has 128 valence electrons. The van der Waals surface area contributed by atoms with Crippen molar-refractivity contribution in [1.29, 1.82) is 0 Å². The summed E-state index contributed by atoms with van der Waals surface area (Å²) >= 11 is 0. The third-order valence-electron chi connectivity index (χ3n) is 3.11. The maximum absolute atomic E-state index is 12.2. The monoisotopic (exact) mass is 332 g/mol. The second kappa shape index (κ2) is 8.55. The molecule has 0 N–H and O–H groups in total. The fraction of sp³-hybridized carbons (Fsp3) is 0.500. The first-order valence-corrected chi connectivity index (χ1v) is 7.28. The summed E-state index contributed by atoms with van der Waals surface area (Å²) in [4.78, 5) is 23.0. The van der Waals surface area contributed by atoms with Gasteiger partial charge in [0.15, 0.2) is 6.10 Å². The minimum absolute atomic E-state index is 0.0660. The van der Waals surface area contributed by atoms with Crippen molar-refractivity contribution in [2.75, 3.05) is 0 Å². The predicted molar refractivity (Wildman–Crippen MR) is 76.9 cm³/mol. The number of para-hydroxylation sites is 1. The van der Waals surface area contributed by atoms with E-state index in [1.807, 2.05) is 19.1 Å². The molecule has 23 heavy (non-hydrogen) atoms. The molecule has 0 aliphatic heterocycles. The molecule has 0 fully saturated rings. The van der Waals surface area contributed by atoms with E-state index >= 15 is 0 Å². The van der Waals surface area contributed by atoms with E-state index in [0.717, 1.165) is 12.5 Å². The quantitative estimate of drug-likeness (QED) is 0.563. The van der Waals surface area contributed by atoms with E-state index in [1.54, 1.807) is 12.1 Å². The van der Waals surface area contributed by atoms with Gasteiger partial charge in [-0.3, -0.25) is 9.59 Å². The summed E-state index contributed by atoms with van der Waals surface area (Å²) in [7, 11) is 0. The van der Waals surface area contributed by atoms with Crippen molar-refractivity contribution in [1.82, 2.24) is 0 Å². The zero-order valence-corrected chi connectivity index (χ0v) is 13.0. The van der Waals surface area contributed by atoms with Gasteiger partial charge in [0, 0.05) is 12.8 Å². The number of halogens is 3. The molecule has 0 saturated carbocycles. The van der Waals surface area contributed by atoms with Crippen LogP contribution in [0.1, 0.15) is 38.7 Å². The van der Waals surface area contributed by atoms with Crippen molar-refractivity contribution in [3.8, 4) is 5.75 Å². The summed E-state index contributed by atoms with van der Waals surface area (Å²) in [5, 5.41) is 0. The zero-order valence-electron chi connectivity index (χ0n) is 13.0. The average Bonchev–Trinajstić information content (AvgIpc) is 2.46. The molecule has 0 radical (unpaired) electrons. The predicted octanol–water partition coefficient (Wildman–Crippen LogP) is 3.82. The topological polar surface area (TPSA) is 52.6 Å². The second-order valence-corrected chi connectivity index (χ2v) is 4.96. The molecule has 1 unspecified atom stereocenters. The molecule has 1 aromatic rings. The van der Waals surface area contributed by atoms with Crippen LogP contribution in [0.15, 0.2) is 24.3 Å². The number of carbonyl (C=O) groups excluding carboxylic acids is 2. The Kier molecular flexibility index (Phi) is 7.06. The molecule has 0 amide bonds. The Hall–Kier alpha value is -2.05. The lowest BCUT2D eigenvalue weighted by Crippen LogP contribution is -2.30. The number of alkyl halides is 3. The van der Waals surface area contributed by atoms with Gasteiger partial charge in [0.2, 0.25) is 0 Å². The van der Waals surface area contributed by atoms with Crippen LogP contribution in [0.2, 0.25) is 0 Å². The van der Waals surface area contributed by atoms with E-state index in [1.165, 1.54) is 0 Å². The summed E-state index contributed by atoms with van der Waals surface area (Å²) in [6.45, 7) is 2.68. The van der Waals surface area contributed by atoms with Gasteiger partial charge in [0.25, 0.3) is 0 Å². The molecule has 0 bridgehead atoms. The van der Waals surface area contributed by atoms with E-state index in [0.29, 0.717) is 12.2 Å². The van der Waals surface area contributed by atoms with Gasteiger partial charge >= 0.3 is 18.1 Å². The number of rotatable bonds is 7. The number of benzene rings is 1. The van der Waals surface area contributed by atoms with Gasteiger partial charge in [-0.1, -0.05) is 25.1 Å². The maximum Gasteiger partial charge on any atom is 0.425 e. The second-order valence-electron chi connectivity index (χ2n) is 4.96. The van der Waals surface area contributed by atoms with Crippen LogP contribution in [0.25, 0.3) is 0 Å². The van der Waals surface area contributed by atoms with Crippen LogP contribution < -0.4 is 4.74 Å². The van der Waals surface area contributed by atoms with Crippen LogP contribution in [0.4, 0.5) is 13.2 Å². The normalized spacial score (nSPS) is 12.6. The fourth-order valence-corrected chi connectivity index (χ4v) is 1.77. The van der Waals surface area contributed by atoms with Crippen LogP contribution in [0, 0.1) is 0 Å². The highest BCUT2D eigenvalue weighted by Gasteiger charge is 2.38. The highest BCUT2D eigenvalue weighted by molar-refractivity contribution is 5.74. The molecule has 1 aromatic carbocycles. The largest absolute Gasteiger partial charge is 0.453 e. The van der Waals surface area contributed by atoms with Gasteiger partial charge in [0.05, 0.1) is 0 Å². The third-order valence-corrected chi connectivity index (χ3v) is 3.11. The molecule has 1 atom stereocenters. The van der Waals surface area contributed by atoms with Crippen LogP contribution in [-0.2, 0) is 20.7 Å². The van der Waals surface area contributed by atoms with E-state index in [4.69, 9.17) is 4.74 Å². The van der Waals surface area contributed by atoms with Crippen LogP contribution in [0.5, 0.6) is 5.75 Å². The van der Waals surface area contributed by atoms with E-state index in [-0.39, 0.29) is 19.3 Å². The number of carbonyl (C=O) groups is 2. The fourth-order valence-electron chi connectivity index (χ4n) is 1.77. The summed E-state index contributed by atoms with van der Waals surface area (Å²) < 4.78 is 46.1. The average molecular weight is 332 g/mol. The van der Waals surface area contributed by atoms with Gasteiger partial charge in [-0.05, 0) is 31.4 Å². The molecule has 0 aromatic heterocycles. The molecule has 0 heterocycles. The highest BCUT2D eigenvalue weighted by Crippen LogP contribution is 2.23. The number of hydrogen-bond donors (Lipinski definition) is 0. The summed E-state index contributed by atoms with van der Waals surface area (Å²) in [6, 6.07) is 7.06. The smallest absolute Gasteiger partial charge is 0.425 e. The van der Waals surface area contributed by atoms with Crippen LogP contribution >= 0.6 is 0 Å². The Balaban J connectivity index is 2.35. The number of aryl methyl sites for hydroxylation is 1. The molecule has 4 nitrogen and oxygen atoms in total. The van der Waals surface area contributed by atoms with Gasteiger partial charge in [-0.25, -0.2) is 0 Å². The van der Waals surface area contributed by atoms with E-state index in [2.05, 4.69) is 4.74 Å². The maximum atomic E-state index is 12.2. The number of ether oxygens (including phenoxy) is 2. The van der Waals surface area contributed by atoms with Gasteiger partial charge < -0.3 is 9.47 Å². The van der Waals surface area contributed by atoms with E-state index < -0.39 is 24.2 Å². The molecule has 1 rings (SSSR count). The summed E-state index contributed by atoms with van der Waals surface area (Å²) in [5.74, 6) is -1.08. The zero-order chi connectivity index (χ0) is 17.5. The van der Waals surface area contributed by atoms with Crippen molar-refractivity contribution in [3.63, 3.8) is 0 Å². The van der Waals surface area contributed by atoms with Crippen LogP contribution in [0.3, 0.4) is 0 Å². The molecule has 0 aliphatic carbocycles. The lowest BCUT2D eigenvalue weighted by Gasteiger charge is -2.16. The minimum Gasteiger partial charge on any atom is -0.453 e. The Morgan fingerprint density at radius 1 is 1.13 bits per heavy atom. The summed E-state index contributed by atoms with van der Waals surface area (Å²) in [5.41, 5.74) is 0.874. The first-order chi connectivity index (χ1) is 10.7. The van der Waals surface area contributed by atoms with Crippen molar-refractivity contribution < 1.29 is 32.2 Å². The summed E-state index contributed by atoms with van der Waals surface area (Å²) in [6.07, 6.45) is -6.32. The van der Waals surface area contributed by atoms with Crippen molar-refractivity contribution in [2.45, 2.75) is 51.8 Å². The molecule has 0 aliphatic rings. The van der Waals surface area contributed by atoms with Crippen molar-refractivity contribution in [2.24, 2.45) is 0 Å². The lowest BCUT2D eigenvalue weighted by atomic mass is 10.1. The van der Waals surface area contributed by atoms with E-state index in [9.17, 15) is 22.8 Å².